The first kappa shape index (κ1) is 22.9. The molecule has 1 N–H and O–H groups in total. The molecule has 2 rings (SSSR count). The van der Waals surface area contributed by atoms with Gasteiger partial charge in [0, 0.05) is 17.9 Å². The molecule has 0 aliphatic carbocycles. The molecule has 0 saturated heterocycles. The van der Waals surface area contributed by atoms with Gasteiger partial charge < -0.3 is 9.88 Å². The van der Waals surface area contributed by atoms with Crippen LogP contribution in [0.5, 0.6) is 0 Å². The van der Waals surface area contributed by atoms with Gasteiger partial charge in [0.05, 0.1) is 5.69 Å². The Kier molecular flexibility index (Phi) is 7.39. The molecular formula is C24H33FN2O2. The van der Waals surface area contributed by atoms with Gasteiger partial charge in [-0.3, -0.25) is 9.59 Å². The Morgan fingerprint density at radius 1 is 1.07 bits per heavy atom. The van der Waals surface area contributed by atoms with E-state index in [-0.39, 0.29) is 23.1 Å². The van der Waals surface area contributed by atoms with Crippen LogP contribution in [0.25, 0.3) is 0 Å². The van der Waals surface area contributed by atoms with Gasteiger partial charge in [-0.2, -0.15) is 0 Å². The van der Waals surface area contributed by atoms with Crippen molar-refractivity contribution in [2.75, 3.05) is 5.32 Å². The second kappa shape index (κ2) is 9.38. The summed E-state index contributed by atoms with van der Waals surface area (Å²) in [7, 11) is 0. The van der Waals surface area contributed by atoms with Crippen molar-refractivity contribution in [3.63, 3.8) is 0 Å². The number of nitrogens with zero attached hydrogens (tertiary/aromatic N) is 1. The van der Waals surface area contributed by atoms with Gasteiger partial charge in [0.2, 0.25) is 5.43 Å². The summed E-state index contributed by atoms with van der Waals surface area (Å²) in [6.45, 7) is 14.2. The van der Waals surface area contributed by atoms with Gasteiger partial charge in [-0.25, -0.2) is 4.39 Å². The van der Waals surface area contributed by atoms with E-state index >= 15 is 0 Å². The first-order chi connectivity index (χ1) is 13.6. The molecule has 0 unspecified atom stereocenters. The van der Waals surface area contributed by atoms with Gasteiger partial charge >= 0.3 is 0 Å². The van der Waals surface area contributed by atoms with Crippen molar-refractivity contribution in [2.45, 2.75) is 79.7 Å². The molecule has 0 radical (unpaired) electrons. The third-order valence-electron chi connectivity index (χ3n) is 5.49. The molecular weight excluding hydrogens is 367 g/mol. The maximum Gasteiger partial charge on any atom is 0.261 e. The number of carbonyl (C=O) groups excluding carboxylic acids is 1. The van der Waals surface area contributed by atoms with E-state index in [9.17, 15) is 14.0 Å². The van der Waals surface area contributed by atoms with Crippen molar-refractivity contribution in [3.8, 4) is 0 Å². The van der Waals surface area contributed by atoms with Crippen LogP contribution in [0, 0.1) is 19.7 Å². The molecule has 0 fully saturated rings. The highest BCUT2D eigenvalue weighted by molar-refractivity contribution is 6.06. The zero-order valence-corrected chi connectivity index (χ0v) is 18.6. The molecule has 0 saturated carbocycles. The first-order valence-corrected chi connectivity index (χ1v) is 10.4. The van der Waals surface area contributed by atoms with E-state index in [1.54, 1.807) is 18.4 Å². The quantitative estimate of drug-likeness (QED) is 0.629. The molecule has 29 heavy (non-hydrogen) atoms. The van der Waals surface area contributed by atoms with Crippen LogP contribution in [0.15, 0.2) is 23.0 Å². The molecule has 0 bridgehead atoms. The van der Waals surface area contributed by atoms with Crippen molar-refractivity contribution in [1.29, 1.82) is 0 Å². The normalized spacial score (nSPS) is 11.4. The van der Waals surface area contributed by atoms with Crippen LogP contribution in [0.2, 0.25) is 0 Å². The first-order valence-electron chi connectivity index (χ1n) is 10.4. The summed E-state index contributed by atoms with van der Waals surface area (Å²) in [5, 5.41) is 2.95. The standard InChI is InChI=1S/C24H33FN2O2/c1-8-9-13-27-16(6)20(23(28)21(25)17(27)7)24(29)26-22-18(14(2)3)11-10-12-19(22)15(4)5/h10-12,14-15H,8-9,13H2,1-7H3,(H,26,29). The summed E-state index contributed by atoms with van der Waals surface area (Å²) < 4.78 is 16.4. The molecule has 0 aliphatic rings. The van der Waals surface area contributed by atoms with E-state index in [0.717, 1.165) is 29.7 Å². The Morgan fingerprint density at radius 2 is 1.62 bits per heavy atom. The number of anilines is 1. The number of rotatable bonds is 7. The Bertz CT molecular complexity index is 932. The number of benzene rings is 1. The number of hydrogen-bond donors (Lipinski definition) is 1. The van der Waals surface area contributed by atoms with Crippen molar-refractivity contribution in [2.24, 2.45) is 0 Å². The highest BCUT2D eigenvalue weighted by Gasteiger charge is 2.24. The summed E-state index contributed by atoms with van der Waals surface area (Å²) in [4.78, 5) is 25.9. The molecule has 1 amide bonds. The Labute approximate surface area is 173 Å². The van der Waals surface area contributed by atoms with E-state index in [2.05, 4.69) is 33.0 Å². The molecule has 0 aliphatic heterocycles. The number of unbranched alkanes of at least 4 members (excludes halogenated alkanes) is 1. The Hall–Kier alpha value is -2.43. The van der Waals surface area contributed by atoms with E-state index in [0.29, 0.717) is 12.2 Å². The third kappa shape index (κ3) is 4.60. The molecule has 1 aromatic heterocycles. The minimum atomic E-state index is -0.849. The monoisotopic (exact) mass is 400 g/mol. The average Bonchev–Trinajstić information content (AvgIpc) is 2.66. The van der Waals surface area contributed by atoms with Crippen LogP contribution in [0.1, 0.15) is 92.2 Å². The molecule has 1 aromatic carbocycles. The minimum Gasteiger partial charge on any atom is -0.345 e. The SMILES string of the molecule is CCCCn1c(C)c(F)c(=O)c(C(=O)Nc2c(C(C)C)cccc2C(C)C)c1C. The van der Waals surface area contributed by atoms with Gasteiger partial charge in [0.15, 0.2) is 5.82 Å². The molecule has 4 nitrogen and oxygen atoms in total. The fraction of sp³-hybridized carbons (Fsp3) is 0.500. The number of carbonyl (C=O) groups is 1. The maximum absolute atomic E-state index is 14.7. The predicted molar refractivity (Wildman–Crippen MR) is 118 cm³/mol. The number of aromatic nitrogens is 1. The van der Waals surface area contributed by atoms with Gasteiger partial charge in [-0.1, -0.05) is 59.2 Å². The lowest BCUT2D eigenvalue weighted by Gasteiger charge is -2.22. The highest BCUT2D eigenvalue weighted by Crippen LogP contribution is 2.32. The number of halogens is 1. The van der Waals surface area contributed by atoms with Crippen LogP contribution in [0.4, 0.5) is 10.1 Å². The second-order valence-electron chi connectivity index (χ2n) is 8.27. The lowest BCUT2D eigenvalue weighted by Crippen LogP contribution is -2.30. The summed E-state index contributed by atoms with van der Waals surface area (Å²) in [5.41, 5.74) is 2.57. The summed E-state index contributed by atoms with van der Waals surface area (Å²) >= 11 is 0. The second-order valence-corrected chi connectivity index (χ2v) is 8.27. The van der Waals surface area contributed by atoms with Crippen LogP contribution in [0.3, 0.4) is 0 Å². The zero-order valence-electron chi connectivity index (χ0n) is 18.6. The summed E-state index contributed by atoms with van der Waals surface area (Å²) in [6.07, 6.45) is 1.78. The summed E-state index contributed by atoms with van der Waals surface area (Å²) in [6, 6.07) is 5.94. The van der Waals surface area contributed by atoms with Crippen LogP contribution in [-0.4, -0.2) is 10.5 Å². The predicted octanol–water partition coefficient (Wildman–Crippen LogP) is 5.90. The minimum absolute atomic E-state index is 0.113. The Balaban J connectivity index is 2.61. The molecule has 0 atom stereocenters. The van der Waals surface area contributed by atoms with Crippen molar-refractivity contribution < 1.29 is 9.18 Å². The van der Waals surface area contributed by atoms with Crippen molar-refractivity contribution >= 4 is 11.6 Å². The van der Waals surface area contributed by atoms with Gasteiger partial charge in [-0.05, 0) is 43.2 Å². The van der Waals surface area contributed by atoms with Gasteiger partial charge in [0.25, 0.3) is 5.91 Å². The number of amides is 1. The maximum atomic E-state index is 14.7. The molecule has 0 spiro atoms. The number of nitrogens with one attached hydrogen (secondary N) is 1. The lowest BCUT2D eigenvalue weighted by molar-refractivity contribution is 0.102. The molecule has 2 aromatic rings. The largest absolute Gasteiger partial charge is 0.345 e. The van der Waals surface area contributed by atoms with E-state index in [4.69, 9.17) is 0 Å². The fourth-order valence-electron chi connectivity index (χ4n) is 3.73. The molecule has 158 valence electrons. The topological polar surface area (TPSA) is 51.1 Å². The van der Waals surface area contributed by atoms with Crippen molar-refractivity contribution in [1.82, 2.24) is 4.57 Å². The third-order valence-corrected chi connectivity index (χ3v) is 5.49. The van der Waals surface area contributed by atoms with Crippen LogP contribution >= 0.6 is 0 Å². The van der Waals surface area contributed by atoms with Crippen LogP contribution < -0.4 is 10.7 Å². The fourth-order valence-corrected chi connectivity index (χ4v) is 3.73. The van der Waals surface area contributed by atoms with Crippen molar-refractivity contribution in [3.05, 3.63) is 62.3 Å². The van der Waals surface area contributed by atoms with E-state index in [1.165, 1.54) is 0 Å². The number of para-hydroxylation sites is 1. The number of pyridine rings is 1. The molecule has 5 heteroatoms. The van der Waals surface area contributed by atoms with Gasteiger partial charge in [0.1, 0.15) is 5.56 Å². The van der Waals surface area contributed by atoms with Gasteiger partial charge in [-0.15, -0.1) is 0 Å². The molecule has 1 heterocycles. The highest BCUT2D eigenvalue weighted by atomic mass is 19.1. The zero-order chi connectivity index (χ0) is 21.9. The average molecular weight is 401 g/mol. The Morgan fingerprint density at radius 3 is 2.10 bits per heavy atom. The van der Waals surface area contributed by atoms with E-state index < -0.39 is 17.2 Å². The number of hydrogen-bond acceptors (Lipinski definition) is 2. The summed E-state index contributed by atoms with van der Waals surface area (Å²) in [5.74, 6) is -1.01. The van der Waals surface area contributed by atoms with E-state index in [1.807, 2.05) is 25.1 Å². The van der Waals surface area contributed by atoms with Crippen LogP contribution in [-0.2, 0) is 6.54 Å². The lowest BCUT2D eigenvalue weighted by atomic mass is 9.92. The smallest absolute Gasteiger partial charge is 0.261 e.